The van der Waals surface area contributed by atoms with Crippen LogP contribution < -0.4 is 0 Å². The molecule has 6 heteroatoms. The maximum atomic E-state index is 13.4. The fourth-order valence-corrected chi connectivity index (χ4v) is 5.91. The number of unbranched alkanes of at least 4 members (excludes halogenated alkanes) is 9. The van der Waals surface area contributed by atoms with E-state index in [1.54, 1.807) is 0 Å². The van der Waals surface area contributed by atoms with Crippen LogP contribution in [0.4, 0.5) is 0 Å². The van der Waals surface area contributed by atoms with Crippen molar-refractivity contribution in [1.82, 2.24) is 0 Å². The van der Waals surface area contributed by atoms with Crippen LogP contribution in [0.5, 0.6) is 0 Å². The van der Waals surface area contributed by atoms with Gasteiger partial charge >= 0.3 is 17.9 Å². The highest BCUT2D eigenvalue weighted by molar-refractivity contribution is 5.87. The van der Waals surface area contributed by atoms with E-state index in [0.717, 1.165) is 57.8 Å². The first-order chi connectivity index (χ1) is 20.1. The van der Waals surface area contributed by atoms with Crippen LogP contribution in [0, 0.1) is 35.5 Å². The van der Waals surface area contributed by atoms with Crippen LogP contribution in [0.1, 0.15) is 157 Å². The van der Waals surface area contributed by atoms with E-state index in [0.29, 0.717) is 56.8 Å². The minimum atomic E-state index is -0.822. The Morgan fingerprint density at radius 3 is 1.12 bits per heavy atom. The minimum Gasteiger partial charge on any atom is -0.465 e. The van der Waals surface area contributed by atoms with E-state index in [4.69, 9.17) is 14.2 Å². The van der Waals surface area contributed by atoms with Crippen LogP contribution in [0.3, 0.4) is 0 Å². The molecule has 0 aliphatic heterocycles. The number of ether oxygens (including phenoxy) is 3. The average molecular weight is 595 g/mol. The van der Waals surface area contributed by atoms with Gasteiger partial charge in [0, 0.05) is 0 Å². The lowest BCUT2D eigenvalue weighted by molar-refractivity contribution is -0.172. The van der Waals surface area contributed by atoms with E-state index in [1.165, 1.54) is 38.5 Å². The standard InChI is InChI=1S/C36H66O6/c1-28(2)20-13-7-10-16-25-40-34(37)31-23-19-24-32(35(38)41-26-17-11-8-14-21-29(3)4)33(31)36(39)42-27-18-12-9-15-22-30(5)6/h28-33H,7-27H2,1-6H3. The summed E-state index contributed by atoms with van der Waals surface area (Å²) in [5, 5.41) is 0. The van der Waals surface area contributed by atoms with Crippen molar-refractivity contribution in [3.8, 4) is 0 Å². The molecule has 42 heavy (non-hydrogen) atoms. The smallest absolute Gasteiger partial charge is 0.310 e. The molecule has 0 spiro atoms. The lowest BCUT2D eigenvalue weighted by Crippen LogP contribution is -2.44. The fraction of sp³-hybridized carbons (Fsp3) is 0.917. The van der Waals surface area contributed by atoms with E-state index in [2.05, 4.69) is 41.5 Å². The third kappa shape index (κ3) is 18.2. The SMILES string of the molecule is CC(C)CCCCCCOC(=O)C1CCCC(C(=O)OCCCCCCC(C)C)C1C(=O)OCCCCCCC(C)C. The number of carbonyl (C=O) groups excluding carboxylic acids is 3. The Kier molecular flexibility index (Phi) is 21.8. The van der Waals surface area contributed by atoms with Gasteiger partial charge in [0.05, 0.1) is 37.6 Å². The highest BCUT2D eigenvalue weighted by atomic mass is 16.5. The van der Waals surface area contributed by atoms with Crippen LogP contribution >= 0.6 is 0 Å². The number of hydrogen-bond donors (Lipinski definition) is 0. The van der Waals surface area contributed by atoms with Crippen molar-refractivity contribution in [3.63, 3.8) is 0 Å². The van der Waals surface area contributed by atoms with E-state index in [9.17, 15) is 14.4 Å². The number of rotatable bonds is 24. The molecular weight excluding hydrogens is 528 g/mol. The number of carbonyl (C=O) groups is 3. The minimum absolute atomic E-state index is 0.327. The second-order valence-corrected chi connectivity index (χ2v) is 14.0. The van der Waals surface area contributed by atoms with Gasteiger partial charge in [-0.2, -0.15) is 0 Å². The van der Waals surface area contributed by atoms with Crippen LogP contribution in [0.15, 0.2) is 0 Å². The van der Waals surface area contributed by atoms with Gasteiger partial charge in [0.25, 0.3) is 0 Å². The third-order valence-corrected chi connectivity index (χ3v) is 8.54. The monoisotopic (exact) mass is 594 g/mol. The first-order valence-corrected chi connectivity index (χ1v) is 17.6. The Morgan fingerprint density at radius 2 is 0.786 bits per heavy atom. The van der Waals surface area contributed by atoms with Gasteiger partial charge in [-0.1, -0.05) is 125 Å². The first kappa shape index (κ1) is 38.4. The Bertz CT molecular complexity index is 674. The second-order valence-electron chi connectivity index (χ2n) is 14.0. The molecule has 246 valence electrons. The molecule has 6 nitrogen and oxygen atoms in total. The van der Waals surface area contributed by atoms with E-state index >= 15 is 0 Å². The van der Waals surface area contributed by atoms with Gasteiger partial charge in [-0.3, -0.25) is 14.4 Å². The second kappa shape index (κ2) is 23.8. The molecule has 1 aliphatic rings. The summed E-state index contributed by atoms with van der Waals surface area (Å²) in [5.74, 6) is -1.16. The quantitative estimate of drug-likeness (QED) is 0.0629. The summed E-state index contributed by atoms with van der Waals surface area (Å²) in [7, 11) is 0. The molecule has 1 aliphatic carbocycles. The van der Waals surface area contributed by atoms with E-state index in [1.807, 2.05) is 0 Å². The summed E-state index contributed by atoms with van der Waals surface area (Å²) >= 11 is 0. The predicted octanol–water partition coefficient (Wildman–Crippen LogP) is 9.47. The molecule has 0 bridgehead atoms. The van der Waals surface area contributed by atoms with Crippen molar-refractivity contribution >= 4 is 17.9 Å². The summed E-state index contributed by atoms with van der Waals surface area (Å²) in [5.41, 5.74) is 0. The molecule has 1 rings (SSSR count). The Morgan fingerprint density at radius 1 is 0.476 bits per heavy atom. The molecule has 0 heterocycles. The van der Waals surface area contributed by atoms with E-state index < -0.39 is 23.7 Å². The van der Waals surface area contributed by atoms with Gasteiger partial charge in [-0.15, -0.1) is 0 Å². The van der Waals surface area contributed by atoms with Crippen LogP contribution in [0.25, 0.3) is 0 Å². The highest BCUT2D eigenvalue weighted by Crippen LogP contribution is 2.38. The van der Waals surface area contributed by atoms with Gasteiger partial charge in [0.1, 0.15) is 0 Å². The van der Waals surface area contributed by atoms with E-state index in [-0.39, 0.29) is 11.9 Å². The van der Waals surface area contributed by atoms with Crippen LogP contribution in [-0.4, -0.2) is 37.7 Å². The van der Waals surface area contributed by atoms with Crippen LogP contribution in [-0.2, 0) is 28.6 Å². The lowest BCUT2D eigenvalue weighted by atomic mass is 9.72. The molecule has 0 amide bonds. The first-order valence-electron chi connectivity index (χ1n) is 17.6. The van der Waals surface area contributed by atoms with Gasteiger partial charge in [0.15, 0.2) is 0 Å². The zero-order valence-electron chi connectivity index (χ0n) is 28.3. The molecule has 0 aromatic carbocycles. The maximum Gasteiger partial charge on any atom is 0.310 e. The molecule has 0 aromatic heterocycles. The van der Waals surface area contributed by atoms with Crippen molar-refractivity contribution in [2.24, 2.45) is 35.5 Å². The van der Waals surface area contributed by atoms with Gasteiger partial charge in [0.2, 0.25) is 0 Å². The summed E-state index contributed by atoms with van der Waals surface area (Å²) in [4.78, 5) is 39.8. The number of hydrogen-bond acceptors (Lipinski definition) is 6. The summed E-state index contributed by atoms with van der Waals surface area (Å²) < 4.78 is 17.0. The van der Waals surface area contributed by atoms with Crippen molar-refractivity contribution in [2.75, 3.05) is 19.8 Å². The third-order valence-electron chi connectivity index (χ3n) is 8.54. The molecule has 1 fully saturated rings. The lowest BCUT2D eigenvalue weighted by Gasteiger charge is -2.34. The Balaban J connectivity index is 2.65. The molecule has 0 radical (unpaired) electrons. The zero-order chi connectivity index (χ0) is 31.2. The zero-order valence-corrected chi connectivity index (χ0v) is 28.3. The van der Waals surface area contributed by atoms with Crippen molar-refractivity contribution in [3.05, 3.63) is 0 Å². The average Bonchev–Trinajstić information content (AvgIpc) is 2.94. The van der Waals surface area contributed by atoms with Crippen molar-refractivity contribution < 1.29 is 28.6 Å². The van der Waals surface area contributed by atoms with Gasteiger partial charge in [-0.25, -0.2) is 0 Å². The van der Waals surface area contributed by atoms with Gasteiger partial charge < -0.3 is 14.2 Å². The Labute approximate surface area is 258 Å². The molecule has 2 atom stereocenters. The van der Waals surface area contributed by atoms with Gasteiger partial charge in [-0.05, 0) is 49.9 Å². The normalized spacial score (nSPS) is 18.9. The molecule has 2 unspecified atom stereocenters. The molecule has 0 N–H and O–H groups in total. The molecule has 1 saturated carbocycles. The van der Waals surface area contributed by atoms with Crippen LogP contribution in [0.2, 0.25) is 0 Å². The maximum absolute atomic E-state index is 13.4. The molecular formula is C36H66O6. The largest absolute Gasteiger partial charge is 0.465 e. The number of esters is 3. The molecule has 0 saturated heterocycles. The van der Waals surface area contributed by atoms with Crippen molar-refractivity contribution in [1.29, 1.82) is 0 Å². The predicted molar refractivity (Wildman–Crippen MR) is 171 cm³/mol. The molecule has 0 aromatic rings. The van der Waals surface area contributed by atoms with Crippen molar-refractivity contribution in [2.45, 2.75) is 157 Å². The Hall–Kier alpha value is -1.59. The summed E-state index contributed by atoms with van der Waals surface area (Å²) in [6, 6.07) is 0. The summed E-state index contributed by atoms with van der Waals surface area (Å²) in [6.07, 6.45) is 17.9. The highest BCUT2D eigenvalue weighted by Gasteiger charge is 2.47. The topological polar surface area (TPSA) is 78.9 Å². The summed E-state index contributed by atoms with van der Waals surface area (Å²) in [6.45, 7) is 14.5. The fourth-order valence-electron chi connectivity index (χ4n) is 5.91.